The van der Waals surface area contributed by atoms with Crippen molar-refractivity contribution in [3.05, 3.63) is 34.9 Å². The quantitative estimate of drug-likeness (QED) is 0.818. The molecule has 0 aromatic heterocycles. The standard InChI is InChI=1S/C11H14ClNO/c1-8(13-9(2)14)6-10-4-3-5-11(12)7-10/h3-5,7-8H,6H2,1-2H3,(H,13,14). The van der Waals surface area contributed by atoms with Gasteiger partial charge >= 0.3 is 0 Å². The van der Waals surface area contributed by atoms with Crippen LogP contribution in [-0.2, 0) is 11.2 Å². The number of carbonyl (C=O) groups excluding carboxylic acids is 1. The molecule has 0 aliphatic rings. The molecule has 0 aliphatic heterocycles. The van der Waals surface area contributed by atoms with Gasteiger partial charge in [0.1, 0.15) is 0 Å². The van der Waals surface area contributed by atoms with E-state index >= 15 is 0 Å². The lowest BCUT2D eigenvalue weighted by Gasteiger charge is -2.12. The summed E-state index contributed by atoms with van der Waals surface area (Å²) >= 11 is 5.85. The van der Waals surface area contributed by atoms with Gasteiger partial charge in [-0.25, -0.2) is 0 Å². The first-order valence-corrected chi connectivity index (χ1v) is 4.97. The lowest BCUT2D eigenvalue weighted by molar-refractivity contribution is -0.119. The van der Waals surface area contributed by atoms with E-state index in [0.717, 1.165) is 17.0 Å². The van der Waals surface area contributed by atoms with Gasteiger partial charge in [0.05, 0.1) is 0 Å². The summed E-state index contributed by atoms with van der Waals surface area (Å²) in [4.78, 5) is 10.8. The van der Waals surface area contributed by atoms with Crippen molar-refractivity contribution < 1.29 is 4.79 Å². The van der Waals surface area contributed by atoms with Gasteiger partial charge in [-0.05, 0) is 31.0 Å². The Hall–Kier alpha value is -1.02. The Morgan fingerprint density at radius 3 is 2.86 bits per heavy atom. The van der Waals surface area contributed by atoms with Crippen LogP contribution in [0.4, 0.5) is 0 Å². The van der Waals surface area contributed by atoms with E-state index in [0.29, 0.717) is 0 Å². The molecule has 1 unspecified atom stereocenters. The highest BCUT2D eigenvalue weighted by Gasteiger charge is 2.04. The first-order valence-electron chi connectivity index (χ1n) is 4.59. The molecule has 0 aliphatic carbocycles. The number of amides is 1. The summed E-state index contributed by atoms with van der Waals surface area (Å²) in [5.41, 5.74) is 1.14. The smallest absolute Gasteiger partial charge is 0.217 e. The lowest BCUT2D eigenvalue weighted by Crippen LogP contribution is -2.31. The molecule has 1 atom stereocenters. The van der Waals surface area contributed by atoms with Crippen LogP contribution in [0.5, 0.6) is 0 Å². The Morgan fingerprint density at radius 2 is 2.29 bits per heavy atom. The zero-order valence-electron chi connectivity index (χ0n) is 8.38. The number of halogens is 1. The second-order valence-electron chi connectivity index (χ2n) is 3.44. The topological polar surface area (TPSA) is 29.1 Å². The SMILES string of the molecule is CC(=O)NC(C)Cc1cccc(Cl)c1. The number of rotatable bonds is 3. The fraction of sp³-hybridized carbons (Fsp3) is 0.364. The first-order chi connectivity index (χ1) is 6.58. The van der Waals surface area contributed by atoms with Crippen LogP contribution in [-0.4, -0.2) is 11.9 Å². The van der Waals surface area contributed by atoms with E-state index in [-0.39, 0.29) is 11.9 Å². The van der Waals surface area contributed by atoms with Crippen molar-refractivity contribution in [3.8, 4) is 0 Å². The number of hydrogen-bond donors (Lipinski definition) is 1. The predicted octanol–water partition coefficient (Wildman–Crippen LogP) is 2.41. The van der Waals surface area contributed by atoms with E-state index in [2.05, 4.69) is 5.32 Å². The highest BCUT2D eigenvalue weighted by Crippen LogP contribution is 2.12. The highest BCUT2D eigenvalue weighted by atomic mass is 35.5. The third-order valence-electron chi connectivity index (χ3n) is 1.88. The van der Waals surface area contributed by atoms with Gasteiger partial charge in [-0.15, -0.1) is 0 Å². The molecule has 0 bridgehead atoms. The highest BCUT2D eigenvalue weighted by molar-refractivity contribution is 6.30. The van der Waals surface area contributed by atoms with Crippen LogP contribution >= 0.6 is 11.6 Å². The van der Waals surface area contributed by atoms with Crippen molar-refractivity contribution in [1.29, 1.82) is 0 Å². The van der Waals surface area contributed by atoms with Gasteiger partial charge in [-0.1, -0.05) is 23.7 Å². The monoisotopic (exact) mass is 211 g/mol. The maximum absolute atomic E-state index is 10.8. The van der Waals surface area contributed by atoms with Crippen LogP contribution in [0.25, 0.3) is 0 Å². The van der Waals surface area contributed by atoms with Crippen molar-refractivity contribution in [2.75, 3.05) is 0 Å². The second-order valence-corrected chi connectivity index (χ2v) is 3.87. The summed E-state index contributed by atoms with van der Waals surface area (Å²) in [5, 5.41) is 3.56. The molecule has 1 amide bonds. The minimum absolute atomic E-state index is 0.000437. The average Bonchev–Trinajstić information content (AvgIpc) is 2.01. The Morgan fingerprint density at radius 1 is 1.57 bits per heavy atom. The Kier molecular flexibility index (Phi) is 3.96. The maximum Gasteiger partial charge on any atom is 0.217 e. The normalized spacial score (nSPS) is 12.2. The molecule has 0 fully saturated rings. The fourth-order valence-corrected chi connectivity index (χ4v) is 1.63. The number of nitrogens with one attached hydrogen (secondary N) is 1. The van der Waals surface area contributed by atoms with Gasteiger partial charge in [-0.2, -0.15) is 0 Å². The van der Waals surface area contributed by atoms with E-state index in [9.17, 15) is 4.79 Å². The fourth-order valence-electron chi connectivity index (χ4n) is 1.42. The molecular weight excluding hydrogens is 198 g/mol. The summed E-state index contributed by atoms with van der Waals surface area (Å²) in [6, 6.07) is 7.82. The zero-order valence-corrected chi connectivity index (χ0v) is 9.14. The van der Waals surface area contributed by atoms with Crippen molar-refractivity contribution in [2.45, 2.75) is 26.3 Å². The van der Waals surface area contributed by atoms with Gasteiger partial charge in [0.2, 0.25) is 5.91 Å². The molecule has 0 saturated carbocycles. The molecule has 1 N–H and O–H groups in total. The molecule has 0 spiro atoms. The molecule has 0 heterocycles. The summed E-state index contributed by atoms with van der Waals surface area (Å²) in [6.07, 6.45) is 0.806. The minimum Gasteiger partial charge on any atom is -0.354 e. The van der Waals surface area contributed by atoms with Crippen LogP contribution in [0.15, 0.2) is 24.3 Å². The van der Waals surface area contributed by atoms with Crippen LogP contribution in [0.2, 0.25) is 5.02 Å². The molecule has 1 rings (SSSR count). The van der Waals surface area contributed by atoms with Crippen LogP contribution < -0.4 is 5.32 Å². The van der Waals surface area contributed by atoms with Gasteiger partial charge in [0, 0.05) is 18.0 Å². The van der Waals surface area contributed by atoms with Crippen molar-refractivity contribution >= 4 is 17.5 Å². The summed E-state index contributed by atoms with van der Waals surface area (Å²) in [7, 11) is 0. The van der Waals surface area contributed by atoms with E-state index in [1.165, 1.54) is 6.92 Å². The number of benzene rings is 1. The Bertz CT molecular complexity index is 325. The van der Waals surface area contributed by atoms with Gasteiger partial charge in [0.15, 0.2) is 0 Å². The average molecular weight is 212 g/mol. The molecule has 1 aromatic rings. The number of carbonyl (C=O) groups is 1. The predicted molar refractivity (Wildman–Crippen MR) is 58.4 cm³/mol. The summed E-state index contributed by atoms with van der Waals surface area (Å²) < 4.78 is 0. The van der Waals surface area contributed by atoms with Crippen molar-refractivity contribution in [1.82, 2.24) is 5.32 Å². The minimum atomic E-state index is -0.000437. The summed E-state index contributed by atoms with van der Waals surface area (Å²) in [5.74, 6) is -0.000437. The van der Waals surface area contributed by atoms with Crippen LogP contribution in [0.3, 0.4) is 0 Å². The second kappa shape index (κ2) is 5.01. The number of hydrogen-bond acceptors (Lipinski definition) is 1. The maximum atomic E-state index is 10.8. The van der Waals surface area contributed by atoms with Gasteiger partial charge in [0.25, 0.3) is 0 Å². The first kappa shape index (κ1) is 11.1. The van der Waals surface area contributed by atoms with E-state index in [1.807, 2.05) is 31.2 Å². The van der Waals surface area contributed by atoms with E-state index < -0.39 is 0 Å². The third kappa shape index (κ3) is 3.79. The molecule has 0 radical (unpaired) electrons. The Labute approximate surface area is 89.3 Å². The van der Waals surface area contributed by atoms with Crippen LogP contribution in [0.1, 0.15) is 19.4 Å². The molecule has 76 valence electrons. The molecular formula is C11H14ClNO. The van der Waals surface area contributed by atoms with E-state index in [1.54, 1.807) is 0 Å². The third-order valence-corrected chi connectivity index (χ3v) is 2.12. The Balaban J connectivity index is 2.55. The molecule has 2 nitrogen and oxygen atoms in total. The summed E-state index contributed by atoms with van der Waals surface area (Å²) in [6.45, 7) is 3.50. The van der Waals surface area contributed by atoms with Gasteiger partial charge < -0.3 is 5.32 Å². The largest absolute Gasteiger partial charge is 0.354 e. The van der Waals surface area contributed by atoms with Gasteiger partial charge in [-0.3, -0.25) is 4.79 Å². The van der Waals surface area contributed by atoms with Crippen molar-refractivity contribution in [2.24, 2.45) is 0 Å². The molecule has 0 saturated heterocycles. The van der Waals surface area contributed by atoms with E-state index in [4.69, 9.17) is 11.6 Å². The van der Waals surface area contributed by atoms with Crippen molar-refractivity contribution in [3.63, 3.8) is 0 Å². The lowest BCUT2D eigenvalue weighted by atomic mass is 10.1. The molecule has 3 heteroatoms. The molecule has 14 heavy (non-hydrogen) atoms. The molecule has 1 aromatic carbocycles. The zero-order chi connectivity index (χ0) is 10.6. The van der Waals surface area contributed by atoms with Crippen LogP contribution in [0, 0.1) is 0 Å².